The van der Waals surface area contributed by atoms with Gasteiger partial charge in [0.15, 0.2) is 0 Å². The largest absolute Gasteiger partial charge is 0.389 e. The molecule has 78 valence electrons. The minimum Gasteiger partial charge on any atom is -0.323 e. The van der Waals surface area contributed by atoms with Gasteiger partial charge >= 0.3 is 6.18 Å². The lowest BCUT2D eigenvalue weighted by Gasteiger charge is -2.11. The zero-order chi connectivity index (χ0) is 10.6. The average Bonchev–Trinajstić information content (AvgIpc) is 2.14. The van der Waals surface area contributed by atoms with Gasteiger partial charge in [0.1, 0.15) is 0 Å². The van der Waals surface area contributed by atoms with E-state index < -0.39 is 18.6 Å². The fraction of sp³-hybridized carbons (Fsp3) is 0.500. The molecule has 3 nitrogen and oxygen atoms in total. The van der Waals surface area contributed by atoms with Gasteiger partial charge in [0, 0.05) is 31.1 Å². The van der Waals surface area contributed by atoms with Gasteiger partial charge in [0.25, 0.3) is 0 Å². The molecule has 0 aromatic carbocycles. The molecule has 0 saturated carbocycles. The van der Waals surface area contributed by atoms with Crippen molar-refractivity contribution < 1.29 is 13.2 Å². The molecule has 0 radical (unpaired) electrons. The average molecular weight is 205 g/mol. The maximum Gasteiger partial charge on any atom is 0.389 e. The predicted molar refractivity (Wildman–Crippen MR) is 44.2 cm³/mol. The summed E-state index contributed by atoms with van der Waals surface area (Å²) in [7, 11) is 0. The van der Waals surface area contributed by atoms with E-state index in [2.05, 4.69) is 9.97 Å². The molecule has 0 saturated heterocycles. The number of rotatable bonds is 3. The Bertz CT molecular complexity index is 273. The molecule has 1 aromatic rings. The highest BCUT2D eigenvalue weighted by Crippen LogP contribution is 2.25. The molecule has 0 aliphatic rings. The highest BCUT2D eigenvalue weighted by molar-refractivity contribution is 5.00. The molecular formula is C8H10F3N3. The number of hydrogen-bond donors (Lipinski definition) is 1. The molecule has 0 amide bonds. The lowest BCUT2D eigenvalue weighted by Crippen LogP contribution is -2.16. The monoisotopic (exact) mass is 205 g/mol. The number of alkyl halides is 3. The van der Waals surface area contributed by atoms with Crippen LogP contribution in [0.25, 0.3) is 0 Å². The summed E-state index contributed by atoms with van der Waals surface area (Å²) in [6.45, 7) is 0. The first-order valence-corrected chi connectivity index (χ1v) is 4.07. The standard InChI is InChI=1S/C8H10F3N3/c9-8(10,11)2-1-6(12)7-5-13-3-4-14-7/h3-6H,1-2,12H2. The van der Waals surface area contributed by atoms with E-state index in [-0.39, 0.29) is 6.42 Å². The molecule has 1 heterocycles. The third-order valence-corrected chi connectivity index (χ3v) is 1.70. The van der Waals surface area contributed by atoms with Gasteiger partial charge in [-0.15, -0.1) is 0 Å². The second-order valence-electron chi connectivity index (χ2n) is 2.89. The normalized spacial score (nSPS) is 14.0. The number of nitrogens with two attached hydrogens (primary N) is 1. The molecule has 0 aliphatic heterocycles. The second-order valence-corrected chi connectivity index (χ2v) is 2.89. The Balaban J connectivity index is 2.48. The summed E-state index contributed by atoms with van der Waals surface area (Å²) >= 11 is 0. The van der Waals surface area contributed by atoms with E-state index in [1.54, 1.807) is 0 Å². The lowest BCUT2D eigenvalue weighted by atomic mass is 10.1. The van der Waals surface area contributed by atoms with Crippen LogP contribution in [0.1, 0.15) is 24.6 Å². The Kier molecular flexibility index (Phi) is 3.40. The maximum absolute atomic E-state index is 11.8. The Morgan fingerprint density at radius 1 is 1.36 bits per heavy atom. The predicted octanol–water partition coefficient (Wildman–Crippen LogP) is 1.82. The van der Waals surface area contributed by atoms with Crippen LogP contribution in [0.4, 0.5) is 13.2 Å². The molecule has 0 bridgehead atoms. The summed E-state index contributed by atoms with van der Waals surface area (Å²) in [5, 5.41) is 0. The second kappa shape index (κ2) is 4.36. The van der Waals surface area contributed by atoms with E-state index in [0.717, 1.165) is 0 Å². The summed E-state index contributed by atoms with van der Waals surface area (Å²) in [5.41, 5.74) is 5.89. The minimum atomic E-state index is -4.17. The van der Waals surface area contributed by atoms with E-state index in [9.17, 15) is 13.2 Å². The molecule has 0 aliphatic carbocycles. The van der Waals surface area contributed by atoms with E-state index in [1.807, 2.05) is 0 Å². The first kappa shape index (κ1) is 10.9. The fourth-order valence-electron chi connectivity index (χ4n) is 0.969. The summed E-state index contributed by atoms with van der Waals surface area (Å²) < 4.78 is 35.5. The van der Waals surface area contributed by atoms with E-state index in [0.29, 0.717) is 5.69 Å². The van der Waals surface area contributed by atoms with Gasteiger partial charge in [0.2, 0.25) is 0 Å². The fourth-order valence-corrected chi connectivity index (χ4v) is 0.969. The van der Waals surface area contributed by atoms with Crippen LogP contribution in [-0.4, -0.2) is 16.1 Å². The number of halogens is 3. The Morgan fingerprint density at radius 3 is 2.57 bits per heavy atom. The highest BCUT2D eigenvalue weighted by Gasteiger charge is 2.28. The van der Waals surface area contributed by atoms with Crippen molar-refractivity contribution in [1.82, 2.24) is 9.97 Å². The van der Waals surface area contributed by atoms with E-state index in [1.165, 1.54) is 18.6 Å². The minimum absolute atomic E-state index is 0.164. The molecule has 0 spiro atoms. The van der Waals surface area contributed by atoms with Crippen molar-refractivity contribution in [3.05, 3.63) is 24.3 Å². The molecule has 14 heavy (non-hydrogen) atoms. The molecule has 1 rings (SSSR count). The molecule has 0 fully saturated rings. The van der Waals surface area contributed by atoms with Crippen molar-refractivity contribution in [1.29, 1.82) is 0 Å². The molecule has 1 atom stereocenters. The summed E-state index contributed by atoms with van der Waals surface area (Å²) in [5.74, 6) is 0. The van der Waals surface area contributed by atoms with Crippen molar-refractivity contribution in [2.24, 2.45) is 5.73 Å². The van der Waals surface area contributed by atoms with Crippen molar-refractivity contribution in [3.63, 3.8) is 0 Å². The third-order valence-electron chi connectivity index (χ3n) is 1.70. The van der Waals surface area contributed by atoms with Gasteiger partial charge in [-0.3, -0.25) is 9.97 Å². The molecular weight excluding hydrogens is 195 g/mol. The topological polar surface area (TPSA) is 51.8 Å². The van der Waals surface area contributed by atoms with Crippen LogP contribution in [0.5, 0.6) is 0 Å². The van der Waals surface area contributed by atoms with E-state index >= 15 is 0 Å². The van der Waals surface area contributed by atoms with Crippen LogP contribution in [0.3, 0.4) is 0 Å². The SMILES string of the molecule is NC(CCC(F)(F)F)c1cnccn1. The van der Waals surface area contributed by atoms with Crippen molar-refractivity contribution in [2.75, 3.05) is 0 Å². The van der Waals surface area contributed by atoms with Gasteiger partial charge in [-0.2, -0.15) is 13.2 Å². The number of nitrogens with zero attached hydrogens (tertiary/aromatic N) is 2. The third kappa shape index (κ3) is 3.69. The number of aromatic nitrogens is 2. The van der Waals surface area contributed by atoms with Crippen LogP contribution in [-0.2, 0) is 0 Å². The first-order chi connectivity index (χ1) is 6.49. The van der Waals surface area contributed by atoms with Gasteiger partial charge < -0.3 is 5.73 Å². The quantitative estimate of drug-likeness (QED) is 0.818. The van der Waals surface area contributed by atoms with Gasteiger partial charge in [-0.1, -0.05) is 0 Å². The Morgan fingerprint density at radius 2 is 2.07 bits per heavy atom. The smallest absolute Gasteiger partial charge is 0.323 e. The van der Waals surface area contributed by atoms with Crippen LogP contribution in [0.15, 0.2) is 18.6 Å². The molecule has 2 N–H and O–H groups in total. The van der Waals surface area contributed by atoms with Gasteiger partial charge in [0.05, 0.1) is 5.69 Å². The van der Waals surface area contributed by atoms with Gasteiger partial charge in [-0.05, 0) is 6.42 Å². The van der Waals surface area contributed by atoms with Crippen LogP contribution in [0, 0.1) is 0 Å². The molecule has 6 heteroatoms. The summed E-state index contributed by atoms with van der Waals surface area (Å²) in [6, 6.07) is -0.703. The first-order valence-electron chi connectivity index (χ1n) is 4.07. The maximum atomic E-state index is 11.8. The summed E-state index contributed by atoms with van der Waals surface area (Å²) in [6.07, 6.45) is -1.00. The van der Waals surface area contributed by atoms with Crippen LogP contribution >= 0.6 is 0 Å². The Hall–Kier alpha value is -1.17. The Labute approximate surface area is 79.2 Å². The zero-order valence-electron chi connectivity index (χ0n) is 7.33. The molecule has 1 aromatic heterocycles. The van der Waals surface area contributed by atoms with Crippen LogP contribution < -0.4 is 5.73 Å². The lowest BCUT2D eigenvalue weighted by molar-refractivity contribution is -0.136. The van der Waals surface area contributed by atoms with Crippen molar-refractivity contribution in [2.45, 2.75) is 25.1 Å². The molecule has 1 unspecified atom stereocenters. The number of hydrogen-bond acceptors (Lipinski definition) is 3. The van der Waals surface area contributed by atoms with E-state index in [4.69, 9.17) is 5.73 Å². The zero-order valence-corrected chi connectivity index (χ0v) is 7.33. The van der Waals surface area contributed by atoms with Gasteiger partial charge in [-0.25, -0.2) is 0 Å². The van der Waals surface area contributed by atoms with Crippen LogP contribution in [0.2, 0.25) is 0 Å². The highest BCUT2D eigenvalue weighted by atomic mass is 19.4. The van der Waals surface area contributed by atoms with Crippen molar-refractivity contribution >= 4 is 0 Å². The summed E-state index contributed by atoms with van der Waals surface area (Å²) in [4.78, 5) is 7.55. The van der Waals surface area contributed by atoms with Crippen molar-refractivity contribution in [3.8, 4) is 0 Å².